The highest BCUT2D eigenvalue weighted by Gasteiger charge is 2.43. The topological polar surface area (TPSA) is 139 Å². The Hall–Kier alpha value is -7.90. The smallest absolute Gasteiger partial charge is 0.352 e. The van der Waals surface area contributed by atoms with Gasteiger partial charge in [0.2, 0.25) is 0 Å². The number of benzene rings is 8. The van der Waals surface area contributed by atoms with Crippen LogP contribution in [0.5, 0.6) is 11.5 Å². The van der Waals surface area contributed by atoms with Crippen molar-refractivity contribution >= 4 is 70.0 Å². The Labute approximate surface area is 406 Å². The number of hydrogen-bond donors (Lipinski definition) is 0. The van der Waals surface area contributed by atoms with E-state index in [1.165, 1.54) is 27.7 Å². The predicted octanol–water partition coefficient (Wildman–Crippen LogP) is 9.68. The van der Waals surface area contributed by atoms with E-state index >= 15 is 9.13 Å². The summed E-state index contributed by atoms with van der Waals surface area (Å²) in [5, 5.41) is 1.88. The van der Waals surface area contributed by atoms with Gasteiger partial charge in [0.25, 0.3) is 0 Å². The molecule has 2 atom stereocenters. The molecule has 0 N–H and O–H groups in total. The van der Waals surface area contributed by atoms with Crippen molar-refractivity contribution in [1.82, 2.24) is 0 Å². The molecule has 0 aliphatic rings. The van der Waals surface area contributed by atoms with E-state index in [1.807, 2.05) is 84.9 Å². The Bertz CT molecular complexity index is 2970. The first kappa shape index (κ1) is 48.6. The van der Waals surface area contributed by atoms with E-state index in [-0.39, 0.29) is 33.2 Å². The zero-order valence-corrected chi connectivity index (χ0v) is 40.6. The molecule has 12 heteroatoms. The maximum absolute atomic E-state index is 17.5. The highest BCUT2D eigenvalue weighted by atomic mass is 31.2. The van der Waals surface area contributed by atoms with Crippen molar-refractivity contribution in [1.29, 1.82) is 0 Å². The fraction of sp³-hybridized carbons (Fsp3) is 0.103. The fourth-order valence-electron chi connectivity index (χ4n) is 8.50. The quantitative estimate of drug-likeness (QED) is 0.0555. The Balaban J connectivity index is 1.68. The maximum Gasteiger partial charge on any atom is 0.352 e. The van der Waals surface area contributed by atoms with Crippen LogP contribution >= 0.6 is 14.3 Å². The number of ether oxygens (including phenoxy) is 4. The minimum atomic E-state index is -4.27. The van der Waals surface area contributed by atoms with Gasteiger partial charge < -0.3 is 28.1 Å². The van der Waals surface area contributed by atoms with Gasteiger partial charge in [0, 0.05) is 56.8 Å². The molecule has 0 spiro atoms. The largest absolute Gasteiger partial charge is 0.451 e. The summed E-state index contributed by atoms with van der Waals surface area (Å²) in [6.45, 7) is 5.07. The molecular formula is C58H48O10P2. The summed E-state index contributed by atoms with van der Waals surface area (Å²) in [4.78, 5) is 53.4. The zero-order valence-electron chi connectivity index (χ0n) is 38.8. The van der Waals surface area contributed by atoms with E-state index in [0.29, 0.717) is 43.5 Å². The lowest BCUT2D eigenvalue weighted by molar-refractivity contribution is -0.159. The highest BCUT2D eigenvalue weighted by Crippen LogP contribution is 2.56. The second kappa shape index (κ2) is 21.2. The van der Waals surface area contributed by atoms with E-state index in [0.717, 1.165) is 0 Å². The lowest BCUT2D eigenvalue weighted by Gasteiger charge is -2.31. The Morgan fingerprint density at radius 2 is 0.629 bits per heavy atom. The van der Waals surface area contributed by atoms with E-state index in [4.69, 9.17) is 18.9 Å². The Morgan fingerprint density at radius 3 is 0.886 bits per heavy atom. The van der Waals surface area contributed by atoms with E-state index in [2.05, 4.69) is 0 Å². The lowest BCUT2D eigenvalue weighted by atomic mass is 9.94. The lowest BCUT2D eigenvalue weighted by Crippen LogP contribution is -2.34. The molecule has 0 saturated heterocycles. The number of carbonyl (C=O) groups is 4. The van der Waals surface area contributed by atoms with Gasteiger partial charge in [0.05, 0.1) is 0 Å². The average Bonchev–Trinajstić information content (AvgIpc) is 3.39. The number of hydrogen-bond acceptors (Lipinski definition) is 10. The van der Waals surface area contributed by atoms with Gasteiger partial charge in [-0.15, -0.1) is 0 Å². The summed E-state index contributed by atoms with van der Waals surface area (Å²) < 4.78 is 58.5. The van der Waals surface area contributed by atoms with Gasteiger partial charge in [-0.25, -0.2) is 9.59 Å². The molecule has 0 unspecified atom stereocenters. The second-order valence-corrected chi connectivity index (χ2v) is 21.7. The minimum Gasteiger partial charge on any atom is -0.451 e. The van der Waals surface area contributed by atoms with Gasteiger partial charge in [0.1, 0.15) is 11.5 Å². The van der Waals surface area contributed by atoms with Crippen molar-refractivity contribution in [2.75, 3.05) is 0 Å². The molecule has 350 valence electrons. The van der Waals surface area contributed by atoms with Crippen molar-refractivity contribution in [3.05, 3.63) is 206 Å². The van der Waals surface area contributed by atoms with Gasteiger partial charge in [0.15, 0.2) is 26.5 Å². The number of carbonyl (C=O) groups excluding carboxylic acids is 4. The Kier molecular flexibility index (Phi) is 14.7. The molecule has 10 nitrogen and oxygen atoms in total. The van der Waals surface area contributed by atoms with Crippen LogP contribution < -0.4 is 41.3 Å². The summed E-state index contributed by atoms with van der Waals surface area (Å²) in [7, 11) is -8.54. The molecule has 8 aromatic rings. The summed E-state index contributed by atoms with van der Waals surface area (Å²) in [6, 6.07) is 60.6. The van der Waals surface area contributed by atoms with Crippen LogP contribution in [0.4, 0.5) is 0 Å². The second-order valence-electron chi connectivity index (χ2n) is 16.3. The summed E-state index contributed by atoms with van der Waals surface area (Å²) >= 11 is 0. The van der Waals surface area contributed by atoms with Crippen molar-refractivity contribution in [2.24, 2.45) is 0 Å². The molecule has 0 aromatic heterocycles. The molecule has 0 amide bonds. The zero-order chi connectivity index (χ0) is 49.4. The summed E-state index contributed by atoms with van der Waals surface area (Å²) in [5.74, 6) is -3.81. The fourth-order valence-corrected chi connectivity index (χ4v) is 14.7. The van der Waals surface area contributed by atoms with Crippen molar-refractivity contribution in [2.45, 2.75) is 39.9 Å². The third-order valence-electron chi connectivity index (χ3n) is 11.6. The monoisotopic (exact) mass is 966 g/mol. The minimum absolute atomic E-state index is 0.0106. The first-order chi connectivity index (χ1) is 33.8. The van der Waals surface area contributed by atoms with Crippen LogP contribution in [0.2, 0.25) is 0 Å². The summed E-state index contributed by atoms with van der Waals surface area (Å²) in [5.41, 5.74) is 2.10. The van der Waals surface area contributed by atoms with Crippen LogP contribution in [0.3, 0.4) is 0 Å². The molecule has 0 radical (unpaired) electrons. The Morgan fingerprint density at radius 1 is 0.371 bits per heavy atom. The van der Waals surface area contributed by atoms with Crippen LogP contribution in [-0.4, -0.2) is 36.1 Å². The van der Waals surface area contributed by atoms with E-state index < -0.39 is 50.4 Å². The van der Waals surface area contributed by atoms with Crippen LogP contribution in [0, 0.1) is 0 Å². The third kappa shape index (κ3) is 9.83. The van der Waals surface area contributed by atoms with Crippen molar-refractivity contribution < 1.29 is 47.3 Å². The average molecular weight is 967 g/mol. The molecule has 0 aliphatic heterocycles. The van der Waals surface area contributed by atoms with Gasteiger partial charge in [-0.1, -0.05) is 182 Å². The molecule has 70 heavy (non-hydrogen) atoms. The van der Waals surface area contributed by atoms with Crippen LogP contribution in [0.15, 0.2) is 206 Å². The molecular weight excluding hydrogens is 919 g/mol. The van der Waals surface area contributed by atoms with Crippen LogP contribution in [0.1, 0.15) is 27.7 Å². The molecule has 8 rings (SSSR count). The summed E-state index contributed by atoms with van der Waals surface area (Å²) in [6.07, 6.45) is -2.84. The molecule has 0 heterocycles. The molecule has 0 bridgehead atoms. The first-order valence-corrected chi connectivity index (χ1v) is 25.9. The standard InChI is InChI=1S/C58H48O10P2/c1-39(65-41(3)59)57(61)67-51-37-35-49(43-23-11-5-12-24-43)55(69(63,45-27-15-7-16-28-45)46-29-17-8-18-30-46)53(51)54-52(68-58(62)40(2)66-42(4)60)38-36-50(44-25-13-6-14-26-44)56(54)70(64,47-31-19-9-20-32-47)48-33-21-10-22-34-48/h5-40H,1-4H3/t39-,40-/m0/s1. The predicted molar refractivity (Wildman–Crippen MR) is 275 cm³/mol. The van der Waals surface area contributed by atoms with E-state index in [9.17, 15) is 19.2 Å². The molecule has 0 aliphatic carbocycles. The van der Waals surface area contributed by atoms with Crippen molar-refractivity contribution in [3.63, 3.8) is 0 Å². The molecule has 8 aromatic carbocycles. The van der Waals surface area contributed by atoms with E-state index in [1.54, 1.807) is 121 Å². The third-order valence-corrected chi connectivity index (χ3v) is 17.9. The highest BCUT2D eigenvalue weighted by molar-refractivity contribution is 7.86. The maximum atomic E-state index is 17.5. The molecule has 0 saturated carbocycles. The SMILES string of the molecule is CC(=O)O[C@@H](C)C(=O)Oc1ccc(-c2ccccc2)c(P(=O)(c2ccccc2)c2ccccc2)c1-c1c(OC(=O)[C@H](C)OC(C)=O)ccc(-c2ccccc2)c1P(=O)(c1ccccc1)c1ccccc1. The van der Waals surface area contributed by atoms with Crippen molar-refractivity contribution in [3.8, 4) is 44.9 Å². The number of esters is 4. The normalized spacial score (nSPS) is 12.2. The first-order valence-electron chi connectivity index (χ1n) is 22.5. The van der Waals surface area contributed by atoms with Crippen LogP contribution in [0.25, 0.3) is 33.4 Å². The van der Waals surface area contributed by atoms with Gasteiger partial charge in [-0.05, 0) is 60.4 Å². The van der Waals surface area contributed by atoms with Gasteiger partial charge in [-0.3, -0.25) is 9.59 Å². The molecule has 0 fully saturated rings. The number of rotatable bonds is 15. The van der Waals surface area contributed by atoms with Crippen LogP contribution in [-0.2, 0) is 37.8 Å². The van der Waals surface area contributed by atoms with Gasteiger partial charge in [-0.2, -0.15) is 0 Å². The van der Waals surface area contributed by atoms with Gasteiger partial charge >= 0.3 is 23.9 Å².